The highest BCUT2D eigenvalue weighted by Crippen LogP contribution is 2.57. The van der Waals surface area contributed by atoms with Crippen molar-refractivity contribution >= 4 is 28.3 Å². The van der Waals surface area contributed by atoms with Gasteiger partial charge in [-0.15, -0.1) is 11.3 Å². The van der Waals surface area contributed by atoms with Crippen molar-refractivity contribution in [3.05, 3.63) is 46.0 Å². The predicted molar refractivity (Wildman–Crippen MR) is 167 cm³/mol. The number of nitrogens with one attached hydrogen (secondary N) is 3. The molecule has 2 heterocycles. The van der Waals surface area contributed by atoms with E-state index >= 15 is 0 Å². The van der Waals surface area contributed by atoms with E-state index < -0.39 is 6.10 Å². The summed E-state index contributed by atoms with van der Waals surface area (Å²) in [4.78, 5) is 37.6. The maximum Gasteiger partial charge on any atom is 0.257 e. The minimum atomic E-state index is -0.561. The first-order valence-electron chi connectivity index (χ1n) is 16.1. The Morgan fingerprint density at radius 3 is 2.48 bits per heavy atom. The Kier molecular flexibility index (Phi) is 9.42. The number of fused-ring (bicyclic) bond motifs is 2. The Labute approximate surface area is 255 Å². The minimum absolute atomic E-state index is 0.0257. The van der Waals surface area contributed by atoms with Gasteiger partial charge in [-0.3, -0.25) is 14.9 Å². The molecule has 0 spiro atoms. The molecule has 42 heavy (non-hydrogen) atoms. The van der Waals surface area contributed by atoms with Crippen LogP contribution in [0, 0.1) is 23.2 Å². The van der Waals surface area contributed by atoms with Crippen molar-refractivity contribution in [1.82, 2.24) is 9.88 Å². The molecular weight excluding hydrogens is 546 g/mol. The smallest absolute Gasteiger partial charge is 0.257 e. The SMILES string of the molecule is CCN(CC)C(=O)[C@@H](C)[C@H]1CC[C@]2(C)Cc3sc(NC(=O)c4ccc(C[NH+]5CC[NH+](C)CC5)cc4)nc3[C@@H](C)[C@@H]2[C@H]1O. The molecule has 0 bridgehead atoms. The molecule has 1 saturated carbocycles. The van der Waals surface area contributed by atoms with Crippen LogP contribution in [0.15, 0.2) is 24.3 Å². The van der Waals surface area contributed by atoms with Crippen molar-refractivity contribution in [2.75, 3.05) is 51.6 Å². The summed E-state index contributed by atoms with van der Waals surface area (Å²) in [5, 5.41) is 15.4. The summed E-state index contributed by atoms with van der Waals surface area (Å²) in [7, 11) is 2.26. The van der Waals surface area contributed by atoms with Crippen molar-refractivity contribution in [2.24, 2.45) is 23.2 Å². The molecule has 2 aliphatic carbocycles. The number of amides is 2. The highest BCUT2D eigenvalue weighted by molar-refractivity contribution is 7.15. The van der Waals surface area contributed by atoms with Crippen LogP contribution in [0.25, 0.3) is 0 Å². The maximum atomic E-state index is 13.2. The zero-order valence-electron chi connectivity index (χ0n) is 26.3. The first kappa shape index (κ1) is 31.1. The van der Waals surface area contributed by atoms with Crippen molar-refractivity contribution < 1.29 is 24.5 Å². The number of hydrogen-bond donors (Lipinski definition) is 4. The van der Waals surface area contributed by atoms with Gasteiger partial charge in [0.05, 0.1) is 18.8 Å². The number of carbonyl (C=O) groups is 2. The van der Waals surface area contributed by atoms with Gasteiger partial charge >= 0.3 is 0 Å². The van der Waals surface area contributed by atoms with Gasteiger partial charge in [0.15, 0.2) is 5.13 Å². The minimum Gasteiger partial charge on any atom is -0.392 e. The first-order valence-corrected chi connectivity index (χ1v) is 16.9. The van der Waals surface area contributed by atoms with E-state index in [1.165, 1.54) is 36.6 Å². The number of nitrogens with zero attached hydrogens (tertiary/aromatic N) is 2. The van der Waals surface area contributed by atoms with Gasteiger partial charge in [0.2, 0.25) is 5.91 Å². The van der Waals surface area contributed by atoms with Crippen LogP contribution in [0.4, 0.5) is 5.13 Å². The van der Waals surface area contributed by atoms with Gasteiger partial charge in [-0.05, 0) is 62.5 Å². The number of likely N-dealkylation sites (N-methyl/N-ethyl adjacent to an activating group) is 1. The zero-order chi connectivity index (χ0) is 30.2. The van der Waals surface area contributed by atoms with E-state index in [0.29, 0.717) is 23.8 Å². The van der Waals surface area contributed by atoms with Crippen LogP contribution < -0.4 is 15.1 Å². The Bertz CT molecular complexity index is 1250. The maximum absolute atomic E-state index is 13.2. The van der Waals surface area contributed by atoms with E-state index in [2.05, 4.69) is 38.3 Å². The third kappa shape index (κ3) is 6.16. The monoisotopic (exact) mass is 597 g/mol. The van der Waals surface area contributed by atoms with E-state index in [9.17, 15) is 14.7 Å². The van der Waals surface area contributed by atoms with E-state index in [1.54, 1.807) is 21.1 Å². The molecule has 1 aliphatic heterocycles. The molecule has 1 saturated heterocycles. The molecule has 230 valence electrons. The Morgan fingerprint density at radius 1 is 1.17 bits per heavy atom. The Balaban J connectivity index is 1.25. The molecular formula is C33H51N5O3S+2. The van der Waals surface area contributed by atoms with Crippen LogP contribution >= 0.6 is 11.3 Å². The van der Waals surface area contributed by atoms with Gasteiger partial charge in [-0.1, -0.05) is 32.9 Å². The second-order valence-corrected chi connectivity index (χ2v) is 14.6. The Morgan fingerprint density at radius 2 is 1.83 bits per heavy atom. The van der Waals surface area contributed by atoms with Crippen molar-refractivity contribution in [2.45, 2.75) is 72.4 Å². The van der Waals surface area contributed by atoms with Gasteiger partial charge in [-0.2, -0.15) is 0 Å². The predicted octanol–water partition coefficient (Wildman–Crippen LogP) is 1.87. The summed E-state index contributed by atoms with van der Waals surface area (Å²) in [6.45, 7) is 17.7. The molecule has 8 nitrogen and oxygen atoms in total. The number of hydrogen-bond acceptors (Lipinski definition) is 5. The van der Waals surface area contributed by atoms with Crippen LogP contribution in [0.1, 0.15) is 79.9 Å². The number of rotatable bonds is 8. The topological polar surface area (TPSA) is 91.4 Å². The third-order valence-corrected chi connectivity index (χ3v) is 11.7. The summed E-state index contributed by atoms with van der Waals surface area (Å²) in [6.07, 6.45) is 2.11. The van der Waals surface area contributed by atoms with Crippen LogP contribution in [-0.2, 0) is 17.8 Å². The highest BCUT2D eigenvalue weighted by atomic mass is 32.1. The fourth-order valence-electron chi connectivity index (χ4n) is 8.05. The molecule has 2 fully saturated rings. The quantitative estimate of drug-likeness (QED) is 0.374. The number of benzene rings is 1. The normalized spacial score (nSPS) is 31.5. The number of carbonyl (C=O) groups excluding carboxylic acids is 2. The summed E-state index contributed by atoms with van der Waals surface area (Å²) < 4.78 is 0. The second-order valence-electron chi connectivity index (χ2n) is 13.5. The summed E-state index contributed by atoms with van der Waals surface area (Å²) in [5.41, 5.74) is 2.84. The van der Waals surface area contributed by atoms with Gasteiger partial charge in [0, 0.05) is 40.9 Å². The number of quaternary nitrogens is 2. The summed E-state index contributed by atoms with van der Waals surface area (Å²) in [5.74, 6) is -0.184. The summed E-state index contributed by atoms with van der Waals surface area (Å²) >= 11 is 1.58. The first-order chi connectivity index (χ1) is 20.0. The molecule has 5 rings (SSSR count). The lowest BCUT2D eigenvalue weighted by atomic mass is 9.53. The molecule has 9 heteroatoms. The van der Waals surface area contributed by atoms with E-state index in [0.717, 1.165) is 31.5 Å². The molecule has 4 N–H and O–H groups in total. The summed E-state index contributed by atoms with van der Waals surface area (Å²) in [6, 6.07) is 8.01. The van der Waals surface area contributed by atoms with Gasteiger partial charge in [0.1, 0.15) is 32.7 Å². The number of aliphatic hydroxyl groups is 1. The van der Waals surface area contributed by atoms with Gasteiger partial charge in [0.25, 0.3) is 5.91 Å². The molecule has 2 aromatic rings. The lowest BCUT2D eigenvalue weighted by Gasteiger charge is -2.53. The van der Waals surface area contributed by atoms with Gasteiger partial charge in [-0.25, -0.2) is 4.98 Å². The van der Waals surface area contributed by atoms with E-state index in [-0.39, 0.29) is 40.9 Å². The fourth-order valence-corrected chi connectivity index (χ4v) is 9.30. The molecule has 6 atom stereocenters. The molecule has 0 unspecified atom stereocenters. The molecule has 2 amide bonds. The van der Waals surface area contributed by atoms with Crippen LogP contribution in [0.3, 0.4) is 0 Å². The molecule has 1 aromatic heterocycles. The highest BCUT2D eigenvalue weighted by Gasteiger charge is 2.54. The van der Waals surface area contributed by atoms with E-state index in [1.807, 2.05) is 37.8 Å². The number of anilines is 1. The molecule has 3 aliphatic rings. The standard InChI is InChI=1S/C33H49N5O3S/c1-7-38(8-2)31(41)21(3)25-13-14-33(5)19-26-28(22(4)27(33)29(25)39)34-32(42-26)35-30(40)24-11-9-23(10-12-24)20-37-17-15-36(6)16-18-37/h9-12,21-22,25,27,29,39H,7-8,13-20H2,1-6H3,(H,34,35,40)/p+2/t21-,22-,25+,27+,29-,33+/m0/s1. The van der Waals surface area contributed by atoms with Crippen LogP contribution in [0.2, 0.25) is 0 Å². The largest absolute Gasteiger partial charge is 0.392 e. The second kappa shape index (κ2) is 12.7. The number of aromatic nitrogens is 1. The number of aliphatic hydroxyl groups excluding tert-OH is 1. The third-order valence-electron chi connectivity index (χ3n) is 10.7. The lowest BCUT2D eigenvalue weighted by molar-refractivity contribution is -1.01. The fraction of sp³-hybridized carbons (Fsp3) is 0.667. The Hall–Kier alpha value is -2.33. The number of thiazole rings is 1. The number of piperazine rings is 1. The van der Waals surface area contributed by atoms with Crippen LogP contribution in [-0.4, -0.2) is 79.2 Å². The average molecular weight is 598 g/mol. The lowest BCUT2D eigenvalue weighted by Crippen LogP contribution is -3.26. The zero-order valence-corrected chi connectivity index (χ0v) is 27.2. The van der Waals surface area contributed by atoms with Crippen LogP contribution in [0.5, 0.6) is 0 Å². The van der Waals surface area contributed by atoms with E-state index in [4.69, 9.17) is 4.98 Å². The van der Waals surface area contributed by atoms with Crippen molar-refractivity contribution in [3.63, 3.8) is 0 Å². The van der Waals surface area contributed by atoms with Crippen molar-refractivity contribution in [3.8, 4) is 0 Å². The molecule has 0 radical (unpaired) electrons. The average Bonchev–Trinajstić information content (AvgIpc) is 3.36. The van der Waals surface area contributed by atoms with Crippen molar-refractivity contribution in [1.29, 1.82) is 0 Å². The molecule has 1 aromatic carbocycles. The van der Waals surface area contributed by atoms with Gasteiger partial charge < -0.3 is 19.8 Å².